The van der Waals surface area contributed by atoms with E-state index in [-0.39, 0.29) is 29.4 Å². The van der Waals surface area contributed by atoms with Crippen LogP contribution in [0.4, 0.5) is 0 Å². The van der Waals surface area contributed by atoms with Gasteiger partial charge in [0.2, 0.25) is 0 Å². The normalized spacial score (nSPS) is 10.1. The van der Waals surface area contributed by atoms with Gasteiger partial charge in [0.1, 0.15) is 23.7 Å². The van der Waals surface area contributed by atoms with Gasteiger partial charge in [0.25, 0.3) is 0 Å². The minimum atomic E-state index is -1.34. The molecule has 104 valence electrons. The highest BCUT2D eigenvalue weighted by molar-refractivity contribution is 5.94. The lowest BCUT2D eigenvalue weighted by molar-refractivity contribution is -0.138. The van der Waals surface area contributed by atoms with E-state index in [1.165, 1.54) is 0 Å². The van der Waals surface area contributed by atoms with Crippen LogP contribution in [0.5, 0.6) is 17.2 Å². The van der Waals surface area contributed by atoms with Crippen LogP contribution < -0.4 is 9.62 Å². The van der Waals surface area contributed by atoms with Crippen molar-refractivity contribution in [3.63, 3.8) is 0 Å². The van der Waals surface area contributed by atoms with Crippen LogP contribution in [0.2, 0.25) is 0 Å². The fraction of sp³-hybridized carbons (Fsp3) is 0.0714. The van der Waals surface area contributed by atoms with Crippen LogP contribution in [0.25, 0.3) is 0 Å². The van der Waals surface area contributed by atoms with Gasteiger partial charge in [-0.1, -0.05) is 30.3 Å². The molecular weight excluding hydrogens is 264 g/mol. The maximum absolute atomic E-state index is 11.2. The van der Waals surface area contributed by atoms with Gasteiger partial charge in [-0.05, 0) is 5.56 Å². The fourth-order valence-electron chi connectivity index (χ4n) is 1.71. The Bertz CT molecular complexity index is 609. The summed E-state index contributed by atoms with van der Waals surface area (Å²) in [5, 5.41) is 27.2. The number of rotatable bonds is 5. The van der Waals surface area contributed by atoms with Crippen LogP contribution in [0.15, 0.2) is 42.5 Å². The van der Waals surface area contributed by atoms with Crippen LogP contribution in [-0.2, 0) is 6.61 Å². The number of benzene rings is 2. The van der Waals surface area contributed by atoms with Crippen LogP contribution in [-0.4, -0.2) is 21.4 Å². The van der Waals surface area contributed by atoms with Crippen LogP contribution in [0.3, 0.4) is 0 Å². The third-order valence-electron chi connectivity index (χ3n) is 2.60. The van der Waals surface area contributed by atoms with Gasteiger partial charge in [-0.15, -0.1) is 0 Å². The third kappa shape index (κ3) is 2.99. The van der Waals surface area contributed by atoms with E-state index < -0.39 is 5.97 Å². The maximum atomic E-state index is 11.2. The Hall–Kier alpha value is -2.73. The summed E-state index contributed by atoms with van der Waals surface area (Å²) >= 11 is 0. The summed E-state index contributed by atoms with van der Waals surface area (Å²) in [6, 6.07) is 11.2. The number of phenolic OH excluding ortho intramolecular Hbond substituents is 1. The average Bonchev–Trinajstić information content (AvgIpc) is 2.45. The van der Waals surface area contributed by atoms with Crippen molar-refractivity contribution in [2.45, 2.75) is 6.61 Å². The molecule has 6 heteroatoms. The van der Waals surface area contributed by atoms with Crippen molar-refractivity contribution in [3.05, 3.63) is 53.6 Å². The second-order valence-electron chi connectivity index (χ2n) is 3.99. The number of hydrogen-bond acceptors (Lipinski definition) is 5. The van der Waals surface area contributed by atoms with Gasteiger partial charge in [0.05, 0.1) is 0 Å². The number of aromatic hydroxyl groups is 1. The van der Waals surface area contributed by atoms with Crippen molar-refractivity contribution < 1.29 is 29.9 Å². The lowest BCUT2D eigenvalue weighted by Gasteiger charge is -2.12. The van der Waals surface area contributed by atoms with Crippen LogP contribution >= 0.6 is 0 Å². The van der Waals surface area contributed by atoms with Crippen LogP contribution in [0.1, 0.15) is 15.9 Å². The lowest BCUT2D eigenvalue weighted by Crippen LogP contribution is -2.06. The highest BCUT2D eigenvalue weighted by atomic mass is 17.1. The number of ether oxygens (including phenoxy) is 1. The summed E-state index contributed by atoms with van der Waals surface area (Å²) in [5.41, 5.74) is 0.472. The Morgan fingerprint density at radius 1 is 1.10 bits per heavy atom. The highest BCUT2D eigenvalue weighted by Crippen LogP contribution is 2.33. The van der Waals surface area contributed by atoms with Crippen molar-refractivity contribution >= 4 is 5.97 Å². The molecule has 0 aliphatic heterocycles. The van der Waals surface area contributed by atoms with Crippen molar-refractivity contribution in [1.82, 2.24) is 0 Å². The average molecular weight is 276 g/mol. The van der Waals surface area contributed by atoms with Crippen molar-refractivity contribution in [2.75, 3.05) is 0 Å². The first-order valence-corrected chi connectivity index (χ1v) is 5.70. The van der Waals surface area contributed by atoms with Gasteiger partial charge in [0.15, 0.2) is 5.75 Å². The highest BCUT2D eigenvalue weighted by Gasteiger charge is 2.20. The van der Waals surface area contributed by atoms with Crippen molar-refractivity contribution in [3.8, 4) is 17.2 Å². The van der Waals surface area contributed by atoms with Gasteiger partial charge in [0, 0.05) is 12.1 Å². The zero-order chi connectivity index (χ0) is 14.5. The molecule has 0 heterocycles. The standard InChI is InChI=1S/C14H12O6/c15-10-6-11(13(14(16)17)12(7-10)20-18)19-8-9-4-2-1-3-5-9/h1-7,15,18H,8H2,(H,16,17). The van der Waals surface area contributed by atoms with E-state index in [9.17, 15) is 9.90 Å². The number of phenols is 1. The minimum absolute atomic E-state index is 0.0922. The zero-order valence-electron chi connectivity index (χ0n) is 10.3. The first kappa shape index (κ1) is 13.7. The molecular formula is C14H12O6. The van der Waals surface area contributed by atoms with E-state index in [0.29, 0.717) is 0 Å². The third-order valence-corrected chi connectivity index (χ3v) is 2.60. The van der Waals surface area contributed by atoms with Crippen LogP contribution in [0, 0.1) is 0 Å². The van der Waals surface area contributed by atoms with E-state index in [1.54, 1.807) is 0 Å². The van der Waals surface area contributed by atoms with Gasteiger partial charge < -0.3 is 19.8 Å². The molecule has 0 atom stereocenters. The van der Waals surface area contributed by atoms with Gasteiger partial charge in [-0.2, -0.15) is 0 Å². The Morgan fingerprint density at radius 3 is 2.35 bits per heavy atom. The molecule has 0 amide bonds. The second kappa shape index (κ2) is 5.94. The minimum Gasteiger partial charge on any atom is -0.508 e. The molecule has 20 heavy (non-hydrogen) atoms. The number of carboxylic acid groups (broad SMARTS) is 1. The monoisotopic (exact) mass is 276 g/mol. The predicted molar refractivity (Wildman–Crippen MR) is 69.1 cm³/mol. The molecule has 0 spiro atoms. The first-order chi connectivity index (χ1) is 9.61. The molecule has 3 N–H and O–H groups in total. The van der Waals surface area contributed by atoms with E-state index in [2.05, 4.69) is 4.89 Å². The fourth-order valence-corrected chi connectivity index (χ4v) is 1.71. The van der Waals surface area contributed by atoms with Crippen molar-refractivity contribution in [1.29, 1.82) is 0 Å². The molecule has 0 unspecified atom stereocenters. The largest absolute Gasteiger partial charge is 0.508 e. The van der Waals surface area contributed by atoms with E-state index >= 15 is 0 Å². The van der Waals surface area contributed by atoms with Gasteiger partial charge >= 0.3 is 5.97 Å². The predicted octanol–water partition coefficient (Wildman–Crippen LogP) is 2.52. The van der Waals surface area contributed by atoms with Gasteiger partial charge in [-0.25, -0.2) is 10.1 Å². The molecule has 2 aromatic carbocycles. The van der Waals surface area contributed by atoms with E-state index in [4.69, 9.17) is 15.1 Å². The zero-order valence-corrected chi connectivity index (χ0v) is 10.3. The maximum Gasteiger partial charge on any atom is 0.343 e. The topological polar surface area (TPSA) is 96.2 Å². The summed E-state index contributed by atoms with van der Waals surface area (Å²) in [6.07, 6.45) is 0. The number of carbonyl (C=O) groups is 1. The Morgan fingerprint density at radius 2 is 1.75 bits per heavy atom. The Kier molecular flexibility index (Phi) is 4.07. The SMILES string of the molecule is O=C(O)c1c(OO)cc(O)cc1OCc1ccccc1. The molecule has 0 aliphatic rings. The summed E-state index contributed by atoms with van der Waals surface area (Å²) in [5.74, 6) is -2.09. The Balaban J connectivity index is 2.30. The molecule has 0 aliphatic carbocycles. The molecule has 0 fully saturated rings. The smallest absolute Gasteiger partial charge is 0.343 e. The lowest BCUT2D eigenvalue weighted by atomic mass is 10.1. The van der Waals surface area contributed by atoms with Gasteiger partial charge in [-0.3, -0.25) is 0 Å². The summed E-state index contributed by atoms with van der Waals surface area (Å²) in [7, 11) is 0. The molecule has 6 nitrogen and oxygen atoms in total. The molecule has 0 saturated carbocycles. The van der Waals surface area contributed by atoms with E-state index in [0.717, 1.165) is 17.7 Å². The first-order valence-electron chi connectivity index (χ1n) is 5.70. The molecule has 2 aromatic rings. The molecule has 0 bridgehead atoms. The molecule has 2 rings (SSSR count). The quantitative estimate of drug-likeness (QED) is 0.573. The number of carboxylic acids is 1. The number of aromatic carboxylic acids is 1. The summed E-state index contributed by atoms with van der Waals surface area (Å²) < 4.78 is 5.38. The molecule has 0 aromatic heterocycles. The van der Waals surface area contributed by atoms with E-state index in [1.807, 2.05) is 30.3 Å². The Labute approximate surface area is 114 Å². The summed E-state index contributed by atoms with van der Waals surface area (Å²) in [6.45, 7) is 0.120. The molecule has 0 radical (unpaired) electrons. The van der Waals surface area contributed by atoms with Crippen molar-refractivity contribution in [2.24, 2.45) is 0 Å². The summed E-state index contributed by atoms with van der Waals surface area (Å²) in [4.78, 5) is 15.1. The number of hydrogen-bond donors (Lipinski definition) is 3. The second-order valence-corrected chi connectivity index (χ2v) is 3.99. The molecule has 0 saturated heterocycles.